The van der Waals surface area contributed by atoms with Crippen molar-refractivity contribution in [2.45, 2.75) is 37.8 Å². The van der Waals surface area contributed by atoms with Gasteiger partial charge in [-0.1, -0.05) is 11.6 Å². The minimum absolute atomic E-state index is 0.0838. The number of halogens is 1. The molecule has 23 heavy (non-hydrogen) atoms. The number of rotatable bonds is 7. The number of aromatic nitrogens is 1. The molecule has 2 fully saturated rings. The third-order valence-electron chi connectivity index (χ3n) is 4.45. The summed E-state index contributed by atoms with van der Waals surface area (Å²) in [5.74, 6) is -0.346. The zero-order valence-corrected chi connectivity index (χ0v) is 13.5. The average molecular weight is 338 g/mol. The largest absolute Gasteiger partial charge is 0.480 e. The van der Waals surface area contributed by atoms with Crippen LogP contribution < -0.4 is 5.32 Å². The van der Waals surface area contributed by atoms with Crippen LogP contribution in [0.5, 0.6) is 0 Å². The highest BCUT2D eigenvalue weighted by Crippen LogP contribution is 2.33. The van der Waals surface area contributed by atoms with Crippen molar-refractivity contribution >= 4 is 23.5 Å². The highest BCUT2D eigenvalue weighted by Gasteiger charge is 2.37. The van der Waals surface area contributed by atoms with Gasteiger partial charge in [-0.25, -0.2) is 4.98 Å². The van der Waals surface area contributed by atoms with Gasteiger partial charge in [0.05, 0.1) is 11.6 Å². The van der Waals surface area contributed by atoms with Crippen molar-refractivity contribution in [2.24, 2.45) is 5.92 Å². The van der Waals surface area contributed by atoms with Gasteiger partial charge in [0, 0.05) is 24.8 Å². The van der Waals surface area contributed by atoms with Crippen LogP contribution >= 0.6 is 11.6 Å². The number of amides is 1. The lowest BCUT2D eigenvalue weighted by Crippen LogP contribution is -2.55. The Labute approximate surface area is 139 Å². The van der Waals surface area contributed by atoms with Gasteiger partial charge >= 0.3 is 5.97 Å². The third-order valence-corrected chi connectivity index (χ3v) is 4.68. The standard InChI is InChI=1S/C16H20ClN3O3/c17-11-3-4-14(18-7-11)16(23)19-12-5-13(6-12)20(9-15(21)22)8-10-1-2-10/h3-4,7,10,12-13H,1-2,5-6,8-9H2,(H,19,23)(H,21,22). The van der Waals surface area contributed by atoms with E-state index in [1.807, 2.05) is 4.90 Å². The molecule has 0 spiro atoms. The number of nitrogens with one attached hydrogen (secondary N) is 1. The van der Waals surface area contributed by atoms with Gasteiger partial charge in [-0.2, -0.15) is 0 Å². The lowest BCUT2D eigenvalue weighted by atomic mass is 9.85. The Bertz CT molecular complexity index is 583. The van der Waals surface area contributed by atoms with Crippen molar-refractivity contribution in [3.05, 3.63) is 29.0 Å². The minimum Gasteiger partial charge on any atom is -0.480 e. The van der Waals surface area contributed by atoms with E-state index in [0.717, 1.165) is 19.4 Å². The lowest BCUT2D eigenvalue weighted by Gasteiger charge is -2.42. The number of carbonyl (C=O) groups is 2. The SMILES string of the molecule is O=C(O)CN(CC1CC1)C1CC(NC(=O)c2ccc(Cl)cn2)C1. The van der Waals surface area contributed by atoms with Gasteiger partial charge in [-0.15, -0.1) is 0 Å². The Morgan fingerprint density at radius 2 is 2.09 bits per heavy atom. The van der Waals surface area contributed by atoms with Gasteiger partial charge in [-0.3, -0.25) is 14.5 Å². The third kappa shape index (κ3) is 4.42. The second-order valence-electron chi connectivity index (χ2n) is 6.42. The highest BCUT2D eigenvalue weighted by molar-refractivity contribution is 6.30. The molecule has 6 nitrogen and oxygen atoms in total. The monoisotopic (exact) mass is 337 g/mol. The van der Waals surface area contributed by atoms with Gasteiger partial charge in [-0.05, 0) is 43.7 Å². The fourth-order valence-corrected chi connectivity index (χ4v) is 3.03. The van der Waals surface area contributed by atoms with Crippen LogP contribution in [0.15, 0.2) is 18.3 Å². The number of hydrogen-bond donors (Lipinski definition) is 2. The summed E-state index contributed by atoms with van der Waals surface area (Å²) in [6.07, 6.45) is 5.43. The summed E-state index contributed by atoms with van der Waals surface area (Å²) in [6, 6.07) is 3.56. The maximum Gasteiger partial charge on any atom is 0.317 e. The predicted molar refractivity (Wildman–Crippen MR) is 85.5 cm³/mol. The minimum atomic E-state index is -0.788. The van der Waals surface area contributed by atoms with E-state index in [0.29, 0.717) is 16.6 Å². The number of hydrogen-bond acceptors (Lipinski definition) is 4. The molecular formula is C16H20ClN3O3. The van der Waals surface area contributed by atoms with E-state index < -0.39 is 5.97 Å². The molecule has 3 rings (SSSR count). The molecule has 0 aromatic carbocycles. The second-order valence-corrected chi connectivity index (χ2v) is 6.86. The first kappa shape index (κ1) is 16.2. The number of carboxylic acids is 1. The molecule has 2 saturated carbocycles. The first-order valence-electron chi connectivity index (χ1n) is 7.89. The average Bonchev–Trinajstić information content (AvgIpc) is 3.25. The quantitative estimate of drug-likeness (QED) is 0.792. The summed E-state index contributed by atoms with van der Waals surface area (Å²) in [4.78, 5) is 29.1. The number of pyridine rings is 1. The molecule has 1 aromatic rings. The van der Waals surface area contributed by atoms with Crippen molar-refractivity contribution in [2.75, 3.05) is 13.1 Å². The van der Waals surface area contributed by atoms with E-state index in [1.54, 1.807) is 12.1 Å². The van der Waals surface area contributed by atoms with Crippen LogP contribution in [-0.4, -0.2) is 52.0 Å². The topological polar surface area (TPSA) is 82.5 Å². The summed E-state index contributed by atoms with van der Waals surface area (Å²) in [7, 11) is 0. The summed E-state index contributed by atoms with van der Waals surface area (Å²) in [5, 5.41) is 12.5. The molecule has 0 bridgehead atoms. The zero-order valence-electron chi connectivity index (χ0n) is 12.7. The Hall–Kier alpha value is -1.66. The van der Waals surface area contributed by atoms with Crippen molar-refractivity contribution < 1.29 is 14.7 Å². The van der Waals surface area contributed by atoms with E-state index >= 15 is 0 Å². The number of aliphatic carboxylic acids is 1. The maximum absolute atomic E-state index is 12.1. The van der Waals surface area contributed by atoms with Gasteiger partial charge in [0.1, 0.15) is 5.69 Å². The van der Waals surface area contributed by atoms with Crippen molar-refractivity contribution in [3.63, 3.8) is 0 Å². The molecular weight excluding hydrogens is 318 g/mol. The van der Waals surface area contributed by atoms with Crippen LogP contribution in [0, 0.1) is 5.92 Å². The Morgan fingerprint density at radius 1 is 1.35 bits per heavy atom. The first-order chi connectivity index (χ1) is 11.0. The molecule has 124 valence electrons. The maximum atomic E-state index is 12.1. The molecule has 7 heteroatoms. The molecule has 0 unspecified atom stereocenters. The molecule has 0 atom stereocenters. The van der Waals surface area contributed by atoms with Crippen LogP contribution in [0.2, 0.25) is 5.02 Å². The predicted octanol–water partition coefficient (Wildman–Crippen LogP) is 1.79. The Kier molecular flexibility index (Phi) is 4.82. The van der Waals surface area contributed by atoms with Crippen molar-refractivity contribution in [3.8, 4) is 0 Å². The lowest BCUT2D eigenvalue weighted by molar-refractivity contribution is -0.139. The fourth-order valence-electron chi connectivity index (χ4n) is 2.92. The van der Waals surface area contributed by atoms with E-state index in [-0.39, 0.29) is 24.5 Å². The number of carbonyl (C=O) groups excluding carboxylic acids is 1. The van der Waals surface area contributed by atoms with Crippen molar-refractivity contribution in [1.29, 1.82) is 0 Å². The van der Waals surface area contributed by atoms with Gasteiger partial charge < -0.3 is 10.4 Å². The Morgan fingerprint density at radius 3 is 2.65 bits per heavy atom. The summed E-state index contributed by atoms with van der Waals surface area (Å²) in [5.41, 5.74) is 0.346. The normalized spacial score (nSPS) is 23.4. The molecule has 2 aliphatic rings. The van der Waals surface area contributed by atoms with Crippen LogP contribution in [0.1, 0.15) is 36.2 Å². The molecule has 1 amide bonds. The van der Waals surface area contributed by atoms with Crippen molar-refractivity contribution in [1.82, 2.24) is 15.2 Å². The Balaban J connectivity index is 1.48. The summed E-state index contributed by atoms with van der Waals surface area (Å²) in [6.45, 7) is 0.941. The van der Waals surface area contributed by atoms with E-state index in [4.69, 9.17) is 16.7 Å². The second kappa shape index (κ2) is 6.84. The van der Waals surface area contributed by atoms with Gasteiger partial charge in [0.15, 0.2) is 0 Å². The fraction of sp³-hybridized carbons (Fsp3) is 0.562. The summed E-state index contributed by atoms with van der Waals surface area (Å²) >= 11 is 5.75. The molecule has 1 heterocycles. The van der Waals surface area contributed by atoms with Crippen LogP contribution in [0.4, 0.5) is 0 Å². The number of nitrogens with zero attached hydrogens (tertiary/aromatic N) is 2. The van der Waals surface area contributed by atoms with Crippen LogP contribution in [0.3, 0.4) is 0 Å². The van der Waals surface area contributed by atoms with Crippen LogP contribution in [0.25, 0.3) is 0 Å². The van der Waals surface area contributed by atoms with E-state index in [2.05, 4.69) is 10.3 Å². The highest BCUT2D eigenvalue weighted by atomic mass is 35.5. The molecule has 2 aliphatic carbocycles. The van der Waals surface area contributed by atoms with E-state index in [1.165, 1.54) is 19.0 Å². The smallest absolute Gasteiger partial charge is 0.317 e. The van der Waals surface area contributed by atoms with Gasteiger partial charge in [0.2, 0.25) is 0 Å². The first-order valence-corrected chi connectivity index (χ1v) is 8.27. The summed E-state index contributed by atoms with van der Waals surface area (Å²) < 4.78 is 0. The zero-order chi connectivity index (χ0) is 16.4. The molecule has 2 N–H and O–H groups in total. The molecule has 1 aromatic heterocycles. The molecule has 0 radical (unpaired) electrons. The molecule has 0 saturated heterocycles. The number of carboxylic acid groups (broad SMARTS) is 1. The van der Waals surface area contributed by atoms with Gasteiger partial charge in [0.25, 0.3) is 5.91 Å². The molecule has 0 aliphatic heterocycles. The van der Waals surface area contributed by atoms with E-state index in [9.17, 15) is 9.59 Å². The van der Waals surface area contributed by atoms with Crippen LogP contribution in [-0.2, 0) is 4.79 Å².